The standard InChI is InChI=1S/C23H28FN3O6S/c1-16-14-19(8-9-20(16)24)34(30,31)27-12-3-13-33-21(27)15-26-23(29)22(28)25-11-10-17-4-6-18(32-2)7-5-17/h4-9,14,21H,3,10-13,15H2,1-2H3,(H,25,28)(H,26,29). The van der Waals surface area contributed by atoms with Crippen molar-refractivity contribution in [3.05, 3.63) is 59.4 Å². The van der Waals surface area contributed by atoms with E-state index >= 15 is 0 Å². The lowest BCUT2D eigenvalue weighted by Gasteiger charge is -2.34. The van der Waals surface area contributed by atoms with E-state index < -0.39 is 33.9 Å². The Kier molecular flexibility index (Phi) is 8.59. The van der Waals surface area contributed by atoms with E-state index in [-0.39, 0.29) is 30.1 Å². The van der Waals surface area contributed by atoms with Crippen molar-refractivity contribution in [2.45, 2.75) is 30.9 Å². The van der Waals surface area contributed by atoms with Gasteiger partial charge in [-0.25, -0.2) is 12.8 Å². The maximum atomic E-state index is 13.6. The van der Waals surface area contributed by atoms with Crippen molar-refractivity contribution in [3.8, 4) is 5.75 Å². The number of halogens is 1. The van der Waals surface area contributed by atoms with Crippen LogP contribution < -0.4 is 15.4 Å². The summed E-state index contributed by atoms with van der Waals surface area (Å²) in [5.74, 6) is -1.50. The lowest BCUT2D eigenvalue weighted by molar-refractivity contribution is -0.140. The topological polar surface area (TPSA) is 114 Å². The molecule has 3 rings (SSSR count). The molecule has 1 aliphatic heterocycles. The van der Waals surface area contributed by atoms with Gasteiger partial charge in [0.1, 0.15) is 17.8 Å². The van der Waals surface area contributed by atoms with Crippen LogP contribution in [-0.2, 0) is 30.8 Å². The molecule has 0 saturated carbocycles. The fourth-order valence-corrected chi connectivity index (χ4v) is 5.12. The number of benzene rings is 2. The summed E-state index contributed by atoms with van der Waals surface area (Å²) < 4.78 is 51.5. The zero-order valence-corrected chi connectivity index (χ0v) is 19.9. The second-order valence-corrected chi connectivity index (χ2v) is 9.66. The molecule has 184 valence electrons. The lowest BCUT2D eigenvalue weighted by atomic mass is 10.1. The number of rotatable bonds is 8. The summed E-state index contributed by atoms with van der Waals surface area (Å²) in [6.45, 7) is 2.01. The number of carbonyl (C=O) groups is 2. The average Bonchev–Trinajstić information content (AvgIpc) is 2.84. The van der Waals surface area contributed by atoms with Crippen LogP contribution >= 0.6 is 0 Å². The zero-order valence-electron chi connectivity index (χ0n) is 19.0. The van der Waals surface area contributed by atoms with Crippen molar-refractivity contribution in [3.63, 3.8) is 0 Å². The Balaban J connectivity index is 1.54. The molecule has 1 heterocycles. The molecule has 0 aliphatic carbocycles. The van der Waals surface area contributed by atoms with E-state index in [1.807, 2.05) is 12.1 Å². The van der Waals surface area contributed by atoms with Crippen LogP contribution in [0.4, 0.5) is 4.39 Å². The summed E-state index contributed by atoms with van der Waals surface area (Å²) in [5, 5.41) is 4.97. The molecule has 1 aliphatic rings. The summed E-state index contributed by atoms with van der Waals surface area (Å²) in [6, 6.07) is 10.9. The molecule has 1 saturated heterocycles. The van der Waals surface area contributed by atoms with Gasteiger partial charge in [0.05, 0.1) is 25.2 Å². The van der Waals surface area contributed by atoms with Crippen molar-refractivity contribution >= 4 is 21.8 Å². The zero-order chi connectivity index (χ0) is 24.7. The van der Waals surface area contributed by atoms with Crippen LogP contribution in [0.5, 0.6) is 5.75 Å². The number of nitrogens with one attached hydrogen (secondary N) is 2. The predicted octanol–water partition coefficient (Wildman–Crippen LogP) is 1.35. The number of ether oxygens (including phenoxy) is 2. The lowest BCUT2D eigenvalue weighted by Crippen LogP contribution is -2.53. The highest BCUT2D eigenvalue weighted by Crippen LogP contribution is 2.23. The Bertz CT molecular complexity index is 1120. The van der Waals surface area contributed by atoms with Gasteiger partial charge in [-0.1, -0.05) is 12.1 Å². The van der Waals surface area contributed by atoms with Crippen LogP contribution in [0.3, 0.4) is 0 Å². The van der Waals surface area contributed by atoms with E-state index in [4.69, 9.17) is 9.47 Å². The van der Waals surface area contributed by atoms with Gasteiger partial charge in [-0.15, -0.1) is 0 Å². The minimum absolute atomic E-state index is 0.0653. The summed E-state index contributed by atoms with van der Waals surface area (Å²) in [6.07, 6.45) is 0.00764. The van der Waals surface area contributed by atoms with Crippen molar-refractivity contribution in [1.29, 1.82) is 0 Å². The molecule has 1 unspecified atom stereocenters. The highest BCUT2D eigenvalue weighted by molar-refractivity contribution is 7.89. The summed E-state index contributed by atoms with van der Waals surface area (Å²) >= 11 is 0. The molecule has 9 nitrogen and oxygen atoms in total. The molecule has 2 aromatic carbocycles. The van der Waals surface area contributed by atoms with E-state index in [9.17, 15) is 22.4 Å². The number of amides is 2. The Morgan fingerprint density at radius 1 is 1.15 bits per heavy atom. The van der Waals surface area contributed by atoms with Crippen LogP contribution in [0.1, 0.15) is 17.5 Å². The molecule has 2 N–H and O–H groups in total. The van der Waals surface area contributed by atoms with Gasteiger partial charge in [-0.3, -0.25) is 9.59 Å². The second kappa shape index (κ2) is 11.4. The van der Waals surface area contributed by atoms with Crippen LogP contribution in [0.15, 0.2) is 47.4 Å². The van der Waals surface area contributed by atoms with Crippen LogP contribution in [-0.4, -0.2) is 64.1 Å². The molecular weight excluding hydrogens is 465 g/mol. The summed E-state index contributed by atoms with van der Waals surface area (Å²) in [7, 11) is -2.41. The van der Waals surface area contributed by atoms with Gasteiger partial charge in [-0.2, -0.15) is 4.31 Å². The fourth-order valence-electron chi connectivity index (χ4n) is 3.47. The number of nitrogens with zero attached hydrogens (tertiary/aromatic N) is 1. The van der Waals surface area contributed by atoms with Crippen molar-refractivity contribution in [2.75, 3.05) is 33.4 Å². The van der Waals surface area contributed by atoms with E-state index in [0.717, 1.165) is 21.7 Å². The molecule has 2 aromatic rings. The third-order valence-electron chi connectivity index (χ3n) is 5.39. The number of carbonyl (C=O) groups excluding carboxylic acids is 2. The second-order valence-electron chi connectivity index (χ2n) is 7.77. The average molecular weight is 494 g/mol. The van der Waals surface area contributed by atoms with Gasteiger partial charge in [0, 0.05) is 13.1 Å². The molecule has 11 heteroatoms. The van der Waals surface area contributed by atoms with Crippen LogP contribution in [0, 0.1) is 12.7 Å². The molecule has 1 atom stereocenters. The Morgan fingerprint density at radius 2 is 1.85 bits per heavy atom. The predicted molar refractivity (Wildman–Crippen MR) is 122 cm³/mol. The number of sulfonamides is 1. The van der Waals surface area contributed by atoms with E-state index in [1.165, 1.54) is 19.1 Å². The maximum Gasteiger partial charge on any atom is 0.309 e. The number of methoxy groups -OCH3 is 1. The molecule has 34 heavy (non-hydrogen) atoms. The van der Waals surface area contributed by atoms with E-state index in [1.54, 1.807) is 19.2 Å². The fraction of sp³-hybridized carbons (Fsp3) is 0.391. The molecule has 0 aromatic heterocycles. The van der Waals surface area contributed by atoms with Gasteiger partial charge in [0.25, 0.3) is 0 Å². The van der Waals surface area contributed by atoms with E-state index in [0.29, 0.717) is 19.4 Å². The molecular formula is C23H28FN3O6S. The SMILES string of the molecule is COc1ccc(CCNC(=O)C(=O)NCC2OCCCN2S(=O)(=O)c2ccc(F)c(C)c2)cc1. The normalized spacial score (nSPS) is 16.6. The summed E-state index contributed by atoms with van der Waals surface area (Å²) in [4.78, 5) is 24.3. The van der Waals surface area contributed by atoms with Crippen molar-refractivity contribution in [1.82, 2.24) is 14.9 Å². The largest absolute Gasteiger partial charge is 0.497 e. The highest BCUT2D eigenvalue weighted by atomic mass is 32.2. The number of hydrogen-bond acceptors (Lipinski definition) is 6. The van der Waals surface area contributed by atoms with Gasteiger partial charge in [0.2, 0.25) is 10.0 Å². The molecule has 0 spiro atoms. The van der Waals surface area contributed by atoms with Crippen LogP contribution in [0.25, 0.3) is 0 Å². The monoisotopic (exact) mass is 493 g/mol. The van der Waals surface area contributed by atoms with E-state index in [2.05, 4.69) is 10.6 Å². The molecule has 1 fully saturated rings. The Hall–Kier alpha value is -3.02. The minimum atomic E-state index is -3.99. The third kappa shape index (κ3) is 6.31. The van der Waals surface area contributed by atoms with Gasteiger partial charge < -0.3 is 20.1 Å². The smallest absolute Gasteiger partial charge is 0.309 e. The number of aryl methyl sites for hydroxylation is 1. The highest BCUT2D eigenvalue weighted by Gasteiger charge is 2.35. The summed E-state index contributed by atoms with van der Waals surface area (Å²) in [5.41, 5.74) is 1.17. The minimum Gasteiger partial charge on any atom is -0.497 e. The molecule has 2 amide bonds. The van der Waals surface area contributed by atoms with Crippen molar-refractivity contribution in [2.24, 2.45) is 0 Å². The van der Waals surface area contributed by atoms with Gasteiger partial charge >= 0.3 is 11.8 Å². The van der Waals surface area contributed by atoms with Crippen molar-refractivity contribution < 1.29 is 31.9 Å². The first-order valence-corrected chi connectivity index (χ1v) is 12.2. The third-order valence-corrected chi connectivity index (χ3v) is 7.28. The van der Waals surface area contributed by atoms with Gasteiger partial charge in [0.15, 0.2) is 0 Å². The number of hydrogen-bond donors (Lipinski definition) is 2. The molecule has 0 bridgehead atoms. The first-order chi connectivity index (χ1) is 16.2. The Labute approximate surface area is 198 Å². The van der Waals surface area contributed by atoms with Gasteiger partial charge in [-0.05, 0) is 61.2 Å². The first-order valence-electron chi connectivity index (χ1n) is 10.8. The van der Waals surface area contributed by atoms with Crippen LogP contribution in [0.2, 0.25) is 0 Å². The Morgan fingerprint density at radius 3 is 2.53 bits per heavy atom. The first kappa shape index (κ1) is 25.6. The maximum absolute atomic E-state index is 13.6. The molecule has 0 radical (unpaired) electrons. The quantitative estimate of drug-likeness (QED) is 0.537.